The summed E-state index contributed by atoms with van der Waals surface area (Å²) in [7, 11) is 0. The van der Waals surface area contributed by atoms with Gasteiger partial charge in [-0.3, -0.25) is 9.59 Å². The van der Waals surface area contributed by atoms with Gasteiger partial charge in [-0.05, 0) is 31.2 Å². The Morgan fingerprint density at radius 2 is 2.00 bits per heavy atom. The largest absolute Gasteiger partial charge is 0.368 e. The van der Waals surface area contributed by atoms with Gasteiger partial charge in [0.05, 0.1) is 6.61 Å². The number of nitrogens with one attached hydrogen (secondary N) is 1. The fourth-order valence-corrected chi connectivity index (χ4v) is 2.00. The molecule has 2 amide bonds. The molecule has 1 aliphatic carbocycles. The number of ether oxygens (including phenoxy) is 1. The molecule has 0 saturated heterocycles. The van der Waals surface area contributed by atoms with Gasteiger partial charge in [0.25, 0.3) is 0 Å². The zero-order valence-electron chi connectivity index (χ0n) is 12.2. The quantitative estimate of drug-likeness (QED) is 0.750. The Morgan fingerprint density at radius 1 is 1.33 bits per heavy atom. The lowest BCUT2D eigenvalue weighted by atomic mass is 10.1. The first kappa shape index (κ1) is 15.5. The molecule has 114 valence electrons. The third-order valence-electron chi connectivity index (χ3n) is 3.59. The molecule has 0 unspecified atom stereocenters. The smallest absolute Gasteiger partial charge is 0.249 e. The summed E-state index contributed by atoms with van der Waals surface area (Å²) in [4.78, 5) is 23.5. The highest BCUT2D eigenvalue weighted by molar-refractivity contribution is 5.88. The Kier molecular flexibility index (Phi) is 5.33. The summed E-state index contributed by atoms with van der Waals surface area (Å²) in [5, 5.41) is 2.67. The Bertz CT molecular complexity index is 486. The van der Waals surface area contributed by atoms with Crippen LogP contribution in [0.2, 0.25) is 0 Å². The number of primary amides is 1. The van der Waals surface area contributed by atoms with Crippen molar-refractivity contribution in [2.45, 2.75) is 38.3 Å². The SMILES string of the molecule is C[C@H](OCC1CC1)C(=O)N[C@@H](Cc1ccccc1)C(N)=O. The Labute approximate surface area is 124 Å². The van der Waals surface area contributed by atoms with Gasteiger partial charge < -0.3 is 15.8 Å². The first-order valence-corrected chi connectivity index (χ1v) is 7.31. The van der Waals surface area contributed by atoms with Gasteiger partial charge in [-0.1, -0.05) is 30.3 Å². The predicted molar refractivity (Wildman–Crippen MR) is 79.4 cm³/mol. The van der Waals surface area contributed by atoms with Gasteiger partial charge >= 0.3 is 0 Å². The van der Waals surface area contributed by atoms with E-state index in [-0.39, 0.29) is 5.91 Å². The summed E-state index contributed by atoms with van der Waals surface area (Å²) in [6.07, 6.45) is 2.17. The van der Waals surface area contributed by atoms with Crippen LogP contribution in [0.15, 0.2) is 30.3 Å². The van der Waals surface area contributed by atoms with E-state index in [1.165, 1.54) is 12.8 Å². The number of amides is 2. The molecule has 3 N–H and O–H groups in total. The molecule has 1 saturated carbocycles. The topological polar surface area (TPSA) is 81.4 Å². The van der Waals surface area contributed by atoms with Crippen molar-refractivity contribution in [3.8, 4) is 0 Å². The molecule has 2 atom stereocenters. The van der Waals surface area contributed by atoms with Crippen LogP contribution in [-0.4, -0.2) is 30.6 Å². The van der Waals surface area contributed by atoms with Crippen LogP contribution in [0.25, 0.3) is 0 Å². The van der Waals surface area contributed by atoms with E-state index in [0.29, 0.717) is 18.9 Å². The first-order valence-electron chi connectivity index (χ1n) is 7.31. The van der Waals surface area contributed by atoms with Crippen LogP contribution in [0.5, 0.6) is 0 Å². The first-order chi connectivity index (χ1) is 10.1. The predicted octanol–water partition coefficient (Wildman–Crippen LogP) is 1.01. The van der Waals surface area contributed by atoms with Crippen LogP contribution < -0.4 is 11.1 Å². The van der Waals surface area contributed by atoms with Gasteiger partial charge in [0.2, 0.25) is 11.8 Å². The molecule has 0 aliphatic heterocycles. The molecule has 21 heavy (non-hydrogen) atoms. The maximum atomic E-state index is 12.0. The number of nitrogens with two attached hydrogens (primary N) is 1. The second-order valence-corrected chi connectivity index (χ2v) is 5.57. The molecule has 0 bridgehead atoms. The molecule has 1 aromatic rings. The summed E-state index contributed by atoms with van der Waals surface area (Å²) in [5.41, 5.74) is 6.32. The average molecular weight is 290 g/mol. The fourth-order valence-electron chi connectivity index (χ4n) is 2.00. The van der Waals surface area contributed by atoms with Gasteiger partial charge in [-0.25, -0.2) is 0 Å². The number of carbonyl (C=O) groups is 2. The highest BCUT2D eigenvalue weighted by Crippen LogP contribution is 2.29. The number of rotatable bonds is 8. The fraction of sp³-hybridized carbons (Fsp3) is 0.500. The summed E-state index contributed by atoms with van der Waals surface area (Å²) in [6, 6.07) is 8.75. The normalized spacial score (nSPS) is 17.0. The summed E-state index contributed by atoms with van der Waals surface area (Å²) in [6.45, 7) is 2.30. The van der Waals surface area contributed by atoms with Crippen LogP contribution in [0.3, 0.4) is 0 Å². The zero-order valence-corrected chi connectivity index (χ0v) is 12.2. The highest BCUT2D eigenvalue weighted by atomic mass is 16.5. The van der Waals surface area contributed by atoms with Crippen LogP contribution in [-0.2, 0) is 20.7 Å². The van der Waals surface area contributed by atoms with E-state index in [0.717, 1.165) is 5.56 Å². The van der Waals surface area contributed by atoms with E-state index in [2.05, 4.69) is 5.32 Å². The molecule has 2 rings (SSSR count). The lowest BCUT2D eigenvalue weighted by Gasteiger charge is -2.19. The van der Waals surface area contributed by atoms with Crippen molar-refractivity contribution < 1.29 is 14.3 Å². The third kappa shape index (κ3) is 5.19. The second kappa shape index (κ2) is 7.22. The van der Waals surface area contributed by atoms with E-state index in [1.54, 1.807) is 6.92 Å². The minimum atomic E-state index is -0.716. The summed E-state index contributed by atoms with van der Waals surface area (Å²) < 4.78 is 5.49. The summed E-state index contributed by atoms with van der Waals surface area (Å²) >= 11 is 0. The molecule has 0 spiro atoms. The van der Waals surface area contributed by atoms with Crippen LogP contribution in [0.1, 0.15) is 25.3 Å². The van der Waals surface area contributed by atoms with Gasteiger partial charge in [0, 0.05) is 6.42 Å². The average Bonchev–Trinajstić information content (AvgIpc) is 3.29. The van der Waals surface area contributed by atoms with Crippen molar-refractivity contribution in [1.82, 2.24) is 5.32 Å². The molecular weight excluding hydrogens is 268 g/mol. The van der Waals surface area contributed by atoms with Crippen molar-refractivity contribution in [2.75, 3.05) is 6.61 Å². The molecule has 0 aromatic heterocycles. The molecular formula is C16H22N2O3. The number of hydrogen-bond acceptors (Lipinski definition) is 3. The van der Waals surface area contributed by atoms with Crippen LogP contribution in [0, 0.1) is 5.92 Å². The molecule has 5 heteroatoms. The highest BCUT2D eigenvalue weighted by Gasteiger charge is 2.26. The van der Waals surface area contributed by atoms with Crippen molar-refractivity contribution in [2.24, 2.45) is 11.7 Å². The standard InChI is InChI=1S/C16H22N2O3/c1-11(21-10-13-7-8-13)16(20)18-14(15(17)19)9-12-5-3-2-4-6-12/h2-6,11,13-14H,7-10H2,1H3,(H2,17,19)(H,18,20)/t11-,14-/m0/s1. The van der Waals surface area contributed by atoms with Crippen molar-refractivity contribution in [3.63, 3.8) is 0 Å². The van der Waals surface area contributed by atoms with E-state index in [1.807, 2.05) is 30.3 Å². The van der Waals surface area contributed by atoms with E-state index in [4.69, 9.17) is 10.5 Å². The van der Waals surface area contributed by atoms with E-state index < -0.39 is 18.1 Å². The maximum absolute atomic E-state index is 12.0. The van der Waals surface area contributed by atoms with Gasteiger partial charge in [0.1, 0.15) is 12.1 Å². The minimum Gasteiger partial charge on any atom is -0.368 e. The van der Waals surface area contributed by atoms with Crippen LogP contribution >= 0.6 is 0 Å². The molecule has 0 heterocycles. The van der Waals surface area contributed by atoms with Gasteiger partial charge in [-0.15, -0.1) is 0 Å². The Balaban J connectivity index is 1.86. The summed E-state index contributed by atoms with van der Waals surface area (Å²) in [5.74, 6) is -0.242. The van der Waals surface area contributed by atoms with Gasteiger partial charge in [-0.2, -0.15) is 0 Å². The van der Waals surface area contributed by atoms with Crippen molar-refractivity contribution >= 4 is 11.8 Å². The lowest BCUT2D eigenvalue weighted by Crippen LogP contribution is -2.49. The molecule has 0 radical (unpaired) electrons. The third-order valence-corrected chi connectivity index (χ3v) is 3.59. The number of benzene rings is 1. The van der Waals surface area contributed by atoms with Gasteiger partial charge in [0.15, 0.2) is 0 Å². The number of carbonyl (C=O) groups excluding carboxylic acids is 2. The zero-order chi connectivity index (χ0) is 15.2. The molecule has 1 fully saturated rings. The second-order valence-electron chi connectivity index (χ2n) is 5.57. The van der Waals surface area contributed by atoms with Crippen LogP contribution in [0.4, 0.5) is 0 Å². The van der Waals surface area contributed by atoms with E-state index >= 15 is 0 Å². The lowest BCUT2D eigenvalue weighted by molar-refractivity contribution is -0.135. The number of hydrogen-bond donors (Lipinski definition) is 2. The Hall–Kier alpha value is -1.88. The minimum absolute atomic E-state index is 0.296. The molecule has 5 nitrogen and oxygen atoms in total. The molecule has 1 aliphatic rings. The molecule has 1 aromatic carbocycles. The van der Waals surface area contributed by atoms with Crippen molar-refractivity contribution in [1.29, 1.82) is 0 Å². The van der Waals surface area contributed by atoms with E-state index in [9.17, 15) is 9.59 Å². The maximum Gasteiger partial charge on any atom is 0.249 e. The Morgan fingerprint density at radius 3 is 2.57 bits per heavy atom. The van der Waals surface area contributed by atoms with Crippen molar-refractivity contribution in [3.05, 3.63) is 35.9 Å². The monoisotopic (exact) mass is 290 g/mol.